The first-order valence-corrected chi connectivity index (χ1v) is 8.10. The molecule has 0 heterocycles. The Morgan fingerprint density at radius 2 is 1.00 bits per heavy atom. The lowest BCUT2D eigenvalue weighted by Gasteiger charge is -2.14. The summed E-state index contributed by atoms with van der Waals surface area (Å²) in [5.41, 5.74) is 0.813. The molecule has 0 aliphatic carbocycles. The highest BCUT2D eigenvalue weighted by molar-refractivity contribution is 8.78. The third-order valence-corrected chi connectivity index (χ3v) is 3.54. The second kappa shape index (κ2) is 7.50. The summed E-state index contributed by atoms with van der Waals surface area (Å²) in [5.74, 6) is 0. The Hall–Kier alpha value is 0.180. The highest BCUT2D eigenvalue weighted by Gasteiger charge is 2.06. The van der Waals surface area contributed by atoms with Crippen LogP contribution in [0.1, 0.15) is 54.4 Å². The van der Waals surface area contributed by atoms with Crippen LogP contribution in [0.5, 0.6) is 0 Å². The van der Waals surface area contributed by atoms with Gasteiger partial charge in [0.25, 0.3) is 0 Å². The molecule has 0 saturated carbocycles. The van der Waals surface area contributed by atoms with Crippen LogP contribution in [0.4, 0.5) is 0 Å². The SMILES string of the molecule is CC(C)(C)CC=CSSC=CCC(C)(C)C. The van der Waals surface area contributed by atoms with E-state index >= 15 is 0 Å². The fourth-order valence-electron chi connectivity index (χ4n) is 0.946. The molecule has 0 aliphatic rings. The summed E-state index contributed by atoms with van der Waals surface area (Å²) in [6, 6.07) is 0. The summed E-state index contributed by atoms with van der Waals surface area (Å²) < 4.78 is 0. The van der Waals surface area contributed by atoms with Gasteiger partial charge in [0.05, 0.1) is 0 Å². The molecule has 94 valence electrons. The van der Waals surface area contributed by atoms with Crippen LogP contribution in [0, 0.1) is 10.8 Å². The van der Waals surface area contributed by atoms with Crippen LogP contribution in [0.15, 0.2) is 23.0 Å². The Morgan fingerprint density at radius 3 is 1.25 bits per heavy atom. The van der Waals surface area contributed by atoms with Crippen LogP contribution in [0.3, 0.4) is 0 Å². The molecule has 0 aromatic rings. The van der Waals surface area contributed by atoms with Gasteiger partial charge in [0.15, 0.2) is 0 Å². The molecule has 0 N–H and O–H groups in total. The molecule has 0 aliphatic heterocycles. The van der Waals surface area contributed by atoms with Crippen LogP contribution in [-0.2, 0) is 0 Å². The van der Waals surface area contributed by atoms with Crippen LogP contribution in [0.25, 0.3) is 0 Å². The van der Waals surface area contributed by atoms with E-state index in [2.05, 4.69) is 64.5 Å². The van der Waals surface area contributed by atoms with Crippen molar-refractivity contribution < 1.29 is 0 Å². The van der Waals surface area contributed by atoms with E-state index < -0.39 is 0 Å². The standard InChI is InChI=1S/C14H26S2/c1-13(2,3)9-7-11-15-16-12-8-10-14(4,5)6/h7-8,11-12H,9-10H2,1-6H3. The molecule has 0 nitrogen and oxygen atoms in total. The van der Waals surface area contributed by atoms with Crippen molar-refractivity contribution in [1.29, 1.82) is 0 Å². The minimum absolute atomic E-state index is 0.407. The van der Waals surface area contributed by atoms with Gasteiger partial charge in [-0.05, 0) is 34.5 Å². The lowest BCUT2D eigenvalue weighted by molar-refractivity contribution is 0.420. The predicted octanol–water partition coefficient (Wildman–Crippen LogP) is 6.27. The highest BCUT2D eigenvalue weighted by atomic mass is 33.1. The predicted molar refractivity (Wildman–Crippen MR) is 81.6 cm³/mol. The molecule has 0 spiro atoms. The van der Waals surface area contributed by atoms with Gasteiger partial charge in [-0.2, -0.15) is 0 Å². The van der Waals surface area contributed by atoms with Gasteiger partial charge in [-0.1, -0.05) is 75.3 Å². The topological polar surface area (TPSA) is 0 Å². The highest BCUT2D eigenvalue weighted by Crippen LogP contribution is 2.27. The fraction of sp³-hybridized carbons (Fsp3) is 0.714. The molecule has 16 heavy (non-hydrogen) atoms. The lowest BCUT2D eigenvalue weighted by atomic mass is 9.93. The zero-order valence-corrected chi connectivity index (χ0v) is 13.2. The molecular formula is C14H26S2. The van der Waals surface area contributed by atoms with E-state index in [0.29, 0.717) is 10.8 Å². The Labute approximate surface area is 110 Å². The van der Waals surface area contributed by atoms with Crippen molar-refractivity contribution in [3.8, 4) is 0 Å². The van der Waals surface area contributed by atoms with Gasteiger partial charge in [0.1, 0.15) is 0 Å². The smallest absolute Gasteiger partial charge is 0.0218 e. The minimum Gasteiger partial charge on any atom is -0.0768 e. The second-order valence-electron chi connectivity index (χ2n) is 6.47. The van der Waals surface area contributed by atoms with Gasteiger partial charge in [0, 0.05) is 0 Å². The normalized spacial score (nSPS) is 14.1. The van der Waals surface area contributed by atoms with E-state index in [4.69, 9.17) is 0 Å². The van der Waals surface area contributed by atoms with Crippen molar-refractivity contribution in [2.45, 2.75) is 54.4 Å². The van der Waals surface area contributed by atoms with Crippen molar-refractivity contribution in [1.82, 2.24) is 0 Å². The fourth-order valence-corrected chi connectivity index (χ4v) is 2.28. The van der Waals surface area contributed by atoms with Gasteiger partial charge in [-0.3, -0.25) is 0 Å². The van der Waals surface area contributed by atoms with E-state index in [9.17, 15) is 0 Å². The van der Waals surface area contributed by atoms with Crippen LogP contribution < -0.4 is 0 Å². The molecule has 0 unspecified atom stereocenters. The Morgan fingerprint density at radius 1 is 0.688 bits per heavy atom. The van der Waals surface area contributed by atoms with Crippen LogP contribution in [0.2, 0.25) is 0 Å². The quantitative estimate of drug-likeness (QED) is 0.421. The summed E-state index contributed by atoms with van der Waals surface area (Å²) in [7, 11) is 3.59. The van der Waals surface area contributed by atoms with Gasteiger partial charge >= 0.3 is 0 Å². The third kappa shape index (κ3) is 14.2. The molecule has 2 heteroatoms. The van der Waals surface area contributed by atoms with E-state index in [1.807, 2.05) is 0 Å². The maximum absolute atomic E-state index is 2.26. The zero-order valence-electron chi connectivity index (χ0n) is 11.5. The van der Waals surface area contributed by atoms with E-state index in [1.165, 1.54) is 0 Å². The van der Waals surface area contributed by atoms with E-state index in [1.54, 1.807) is 21.6 Å². The van der Waals surface area contributed by atoms with Crippen LogP contribution >= 0.6 is 21.6 Å². The molecule has 0 amide bonds. The molecule has 0 bridgehead atoms. The molecular weight excluding hydrogens is 232 g/mol. The maximum Gasteiger partial charge on any atom is -0.0218 e. The molecule has 0 rings (SSSR count). The largest absolute Gasteiger partial charge is 0.0768 e. The van der Waals surface area contributed by atoms with Gasteiger partial charge in [0.2, 0.25) is 0 Å². The molecule has 0 radical (unpaired) electrons. The number of hydrogen-bond acceptors (Lipinski definition) is 2. The first-order chi connectivity index (χ1) is 7.21. The number of allylic oxidation sites excluding steroid dienone is 2. The lowest BCUT2D eigenvalue weighted by Crippen LogP contribution is -2.01. The summed E-state index contributed by atoms with van der Waals surface area (Å²) in [6.07, 6.45) is 6.81. The van der Waals surface area contributed by atoms with Crippen molar-refractivity contribution in [3.05, 3.63) is 23.0 Å². The summed E-state index contributed by atoms with van der Waals surface area (Å²) >= 11 is 0. The van der Waals surface area contributed by atoms with Crippen molar-refractivity contribution in [2.75, 3.05) is 0 Å². The number of hydrogen-bond donors (Lipinski definition) is 0. The molecule has 0 aromatic carbocycles. The summed E-state index contributed by atoms with van der Waals surface area (Å²) in [6.45, 7) is 13.6. The Bertz CT molecular complexity index is 200. The summed E-state index contributed by atoms with van der Waals surface area (Å²) in [4.78, 5) is 0. The maximum atomic E-state index is 2.26. The van der Waals surface area contributed by atoms with Gasteiger partial charge in [-0.15, -0.1) is 0 Å². The van der Waals surface area contributed by atoms with Gasteiger partial charge < -0.3 is 0 Å². The second-order valence-corrected chi connectivity index (χ2v) is 8.55. The summed E-state index contributed by atoms with van der Waals surface area (Å²) in [5, 5.41) is 4.38. The first kappa shape index (κ1) is 16.2. The molecule has 0 fully saturated rings. The van der Waals surface area contributed by atoms with E-state index in [-0.39, 0.29) is 0 Å². The Kier molecular flexibility index (Phi) is 7.58. The van der Waals surface area contributed by atoms with Crippen molar-refractivity contribution in [3.63, 3.8) is 0 Å². The number of rotatable bonds is 5. The van der Waals surface area contributed by atoms with E-state index in [0.717, 1.165) is 12.8 Å². The Balaban J connectivity index is 3.54. The first-order valence-electron chi connectivity index (χ1n) is 5.83. The molecule has 0 saturated heterocycles. The molecule has 0 aromatic heterocycles. The average molecular weight is 258 g/mol. The van der Waals surface area contributed by atoms with Gasteiger partial charge in [-0.25, -0.2) is 0 Å². The molecule has 0 atom stereocenters. The average Bonchev–Trinajstić information content (AvgIpc) is 2.06. The zero-order chi connectivity index (χ0) is 12.7. The van der Waals surface area contributed by atoms with Crippen molar-refractivity contribution in [2.24, 2.45) is 10.8 Å². The van der Waals surface area contributed by atoms with Crippen molar-refractivity contribution >= 4 is 21.6 Å². The minimum atomic E-state index is 0.407. The third-order valence-electron chi connectivity index (χ3n) is 1.82. The van der Waals surface area contributed by atoms with Crippen LogP contribution in [-0.4, -0.2) is 0 Å². The monoisotopic (exact) mass is 258 g/mol.